The molecule has 0 unspecified atom stereocenters. The number of hydrogen-bond donors (Lipinski definition) is 4. The van der Waals surface area contributed by atoms with Crippen LogP contribution in [0.4, 0.5) is 0 Å². The van der Waals surface area contributed by atoms with Crippen molar-refractivity contribution in [3.05, 3.63) is 0 Å². The molecule has 14 heavy (non-hydrogen) atoms. The molecule has 0 heterocycles. The molecule has 0 aliphatic heterocycles. The molecule has 14 heteroatoms. The van der Waals surface area contributed by atoms with Crippen molar-refractivity contribution in [2.75, 3.05) is 0 Å². The van der Waals surface area contributed by atoms with Crippen LogP contribution < -0.4 is 0 Å². The van der Waals surface area contributed by atoms with Crippen molar-refractivity contribution in [1.29, 1.82) is 0 Å². The van der Waals surface area contributed by atoms with Crippen molar-refractivity contribution in [2.45, 2.75) is 0 Å². The Morgan fingerprint density at radius 2 is 0.857 bits per heavy atom. The maximum atomic E-state index is 9.86. The molecular weight excluding hydrogens is 296 g/mol. The molecule has 0 saturated carbocycles. The Morgan fingerprint density at radius 3 is 1.00 bits per heavy atom. The SMILES string of the molecule is [O]=[Cr](=[O])([OH])([OH])[O]OO[O][Cr](=[O])(=[O])([OH])[OH]. The Morgan fingerprint density at radius 1 is 0.643 bits per heavy atom. The second-order valence-electron chi connectivity index (χ2n) is 1.74. The fraction of sp³-hybridized carbons (Fsp3) is 0. The summed E-state index contributed by atoms with van der Waals surface area (Å²) in [4.78, 5) is 0. The molecule has 0 saturated heterocycles. The van der Waals surface area contributed by atoms with Crippen LogP contribution in [-0.4, -0.2) is 16.6 Å². The predicted octanol–water partition coefficient (Wildman–Crippen LogP) is -2.98. The molecule has 0 aromatic heterocycles. The monoisotopic (exact) mass is 300 g/mol. The van der Waals surface area contributed by atoms with Gasteiger partial charge in [0, 0.05) is 0 Å². The zero-order chi connectivity index (χ0) is 11.7. The van der Waals surface area contributed by atoms with E-state index in [1.54, 1.807) is 0 Å². The van der Waals surface area contributed by atoms with E-state index < -0.39 is 25.8 Å². The number of hydrogen-bond acceptors (Lipinski definition) is 8. The Kier molecular flexibility index (Phi) is 3.21. The van der Waals surface area contributed by atoms with Crippen LogP contribution in [0.25, 0.3) is 0 Å². The van der Waals surface area contributed by atoms with Gasteiger partial charge in [-0.15, -0.1) is 0 Å². The van der Waals surface area contributed by atoms with Gasteiger partial charge in [0.2, 0.25) is 0 Å². The van der Waals surface area contributed by atoms with Gasteiger partial charge in [-0.3, -0.25) is 0 Å². The summed E-state index contributed by atoms with van der Waals surface area (Å²) in [6, 6.07) is 0. The fourth-order valence-electron chi connectivity index (χ4n) is 0.118. The van der Waals surface area contributed by atoms with E-state index in [1.807, 2.05) is 0 Å². The van der Waals surface area contributed by atoms with Crippen LogP contribution in [0.2, 0.25) is 0 Å². The molecule has 0 bridgehead atoms. The Labute approximate surface area is 76.0 Å². The summed E-state index contributed by atoms with van der Waals surface area (Å²) in [6.45, 7) is 0. The molecular formula is H4Cr2O12. The quantitative estimate of drug-likeness (QED) is 0.229. The van der Waals surface area contributed by atoms with E-state index in [4.69, 9.17) is 16.6 Å². The van der Waals surface area contributed by atoms with Gasteiger partial charge in [-0.2, -0.15) is 0 Å². The van der Waals surface area contributed by atoms with E-state index in [0.29, 0.717) is 0 Å². The summed E-state index contributed by atoms with van der Waals surface area (Å²) >= 11 is -14.8. The molecule has 0 spiro atoms. The van der Waals surface area contributed by atoms with Gasteiger partial charge in [-0.25, -0.2) is 0 Å². The van der Waals surface area contributed by atoms with E-state index >= 15 is 0 Å². The molecule has 0 aromatic carbocycles. The average Bonchev–Trinajstić information content (AvgIpc) is 1.72. The molecule has 0 aromatic rings. The zero-order valence-electron chi connectivity index (χ0n) is 5.87. The third-order valence-electron chi connectivity index (χ3n) is 0.316. The van der Waals surface area contributed by atoms with Crippen LogP contribution in [-0.2, 0) is 58.9 Å². The molecule has 0 rings (SSSR count). The second kappa shape index (κ2) is 3.22. The van der Waals surface area contributed by atoms with E-state index in [-0.39, 0.29) is 0 Å². The standard InChI is InChI=1S/2Cr.H2O4.4H2O.4O/c;;1-3-4-2;;;;;;;;/h;;1-2H;4*1H2;;;;/q2*+3;;;;;;;;;/p-6. The topological polar surface area (TPSA) is 186 Å². The Hall–Kier alpha value is -0.0551. The van der Waals surface area contributed by atoms with E-state index in [2.05, 4.69) is 18.0 Å². The summed E-state index contributed by atoms with van der Waals surface area (Å²) in [5.41, 5.74) is 0. The maximum absolute atomic E-state index is 9.86. The Bertz CT molecular complexity index is 382. The summed E-state index contributed by atoms with van der Waals surface area (Å²) in [7, 11) is 0. The Balaban J connectivity index is 4.06. The van der Waals surface area contributed by atoms with Crippen LogP contribution in [0.1, 0.15) is 0 Å². The van der Waals surface area contributed by atoms with Crippen LogP contribution in [0.5, 0.6) is 0 Å². The second-order valence-corrected chi connectivity index (χ2v) is 6.74. The minimum absolute atomic E-state index is 2.70. The van der Waals surface area contributed by atoms with Gasteiger partial charge in [0.15, 0.2) is 0 Å². The van der Waals surface area contributed by atoms with Crippen LogP contribution in [0, 0.1) is 0 Å². The van der Waals surface area contributed by atoms with Gasteiger partial charge in [0.25, 0.3) is 0 Å². The van der Waals surface area contributed by atoms with Gasteiger partial charge >= 0.3 is 75.6 Å². The molecule has 12 nitrogen and oxygen atoms in total. The summed E-state index contributed by atoms with van der Waals surface area (Å²) < 4.78 is 76.2. The van der Waals surface area contributed by atoms with Gasteiger partial charge in [-0.1, -0.05) is 0 Å². The first-order chi connectivity index (χ1) is 5.71. The first kappa shape index (κ1) is 13.9. The van der Waals surface area contributed by atoms with Crippen LogP contribution >= 0.6 is 0 Å². The summed E-state index contributed by atoms with van der Waals surface area (Å²) in [6.07, 6.45) is 0. The van der Waals surface area contributed by atoms with Crippen molar-refractivity contribution < 1.29 is 75.6 Å². The zero-order valence-corrected chi connectivity index (χ0v) is 8.42. The predicted molar refractivity (Wildman–Crippen MR) is 16.0 cm³/mol. The third kappa shape index (κ3) is 11.9. The normalized spacial score (nSPS) is 19.1. The number of rotatable bonds is 5. The van der Waals surface area contributed by atoms with E-state index in [1.165, 1.54) is 0 Å². The van der Waals surface area contributed by atoms with Crippen molar-refractivity contribution in [1.82, 2.24) is 0 Å². The first-order valence-corrected chi connectivity index (χ1v) is 7.63. The molecule has 88 valence electrons. The van der Waals surface area contributed by atoms with Gasteiger partial charge in [-0.05, 0) is 0 Å². The molecule has 0 atom stereocenters. The van der Waals surface area contributed by atoms with Crippen molar-refractivity contribution >= 4 is 0 Å². The average molecular weight is 300 g/mol. The van der Waals surface area contributed by atoms with E-state index in [9.17, 15) is 15.2 Å². The van der Waals surface area contributed by atoms with Crippen LogP contribution in [0.15, 0.2) is 0 Å². The van der Waals surface area contributed by atoms with Gasteiger partial charge < -0.3 is 0 Å². The summed E-state index contributed by atoms with van der Waals surface area (Å²) in [5.74, 6) is 0. The molecule has 0 amide bonds. The molecule has 0 aliphatic carbocycles. The van der Waals surface area contributed by atoms with Crippen LogP contribution in [0.3, 0.4) is 0 Å². The minimum atomic E-state index is -7.38. The molecule has 0 radical (unpaired) electrons. The first-order valence-electron chi connectivity index (χ1n) is 2.23. The molecule has 0 aliphatic rings. The van der Waals surface area contributed by atoms with Crippen molar-refractivity contribution in [3.8, 4) is 0 Å². The van der Waals surface area contributed by atoms with Crippen molar-refractivity contribution in [3.63, 3.8) is 0 Å². The molecule has 0 fully saturated rings. The summed E-state index contributed by atoms with van der Waals surface area (Å²) in [5, 5.41) is 5.58. The third-order valence-corrected chi connectivity index (χ3v) is 1.22. The fourth-order valence-corrected chi connectivity index (χ4v) is 0.485. The van der Waals surface area contributed by atoms with E-state index in [0.717, 1.165) is 0 Å². The van der Waals surface area contributed by atoms with Gasteiger partial charge in [0.1, 0.15) is 0 Å². The molecule has 4 N–H and O–H groups in total. The van der Waals surface area contributed by atoms with Gasteiger partial charge in [0.05, 0.1) is 0 Å². The van der Waals surface area contributed by atoms with Crippen molar-refractivity contribution in [2.24, 2.45) is 0 Å².